The molecule has 1 aromatic heterocycles. The number of thiazole rings is 1. The van der Waals surface area contributed by atoms with E-state index in [1.165, 1.54) is 23.2 Å². The van der Waals surface area contributed by atoms with E-state index in [0.29, 0.717) is 11.1 Å². The van der Waals surface area contributed by atoms with Crippen LogP contribution in [-0.4, -0.2) is 69.8 Å². The number of para-hydroxylation sites is 1. The third kappa shape index (κ3) is 5.29. The zero-order valence-corrected chi connectivity index (χ0v) is 18.5. The van der Waals surface area contributed by atoms with Crippen molar-refractivity contribution < 1.29 is 19.5 Å². The molecule has 1 aromatic carbocycles. The van der Waals surface area contributed by atoms with Gasteiger partial charge in [-0.25, -0.2) is 4.98 Å². The lowest BCUT2D eigenvalue weighted by atomic mass is 10.0. The lowest BCUT2D eigenvalue weighted by Gasteiger charge is -2.25. The number of β-amino-alcohol motifs (C(OH)–C–C–N with tert-alkyl or cyclic N) is 1. The van der Waals surface area contributed by atoms with E-state index in [9.17, 15) is 19.5 Å². The van der Waals surface area contributed by atoms with Crippen molar-refractivity contribution in [2.45, 2.75) is 38.0 Å². The van der Waals surface area contributed by atoms with Gasteiger partial charge < -0.3 is 26.8 Å². The summed E-state index contributed by atoms with van der Waals surface area (Å²) < 4.78 is 0.841. The quantitative estimate of drug-likeness (QED) is 0.189. The molecule has 2 aromatic rings. The van der Waals surface area contributed by atoms with Crippen molar-refractivity contribution in [1.82, 2.24) is 15.2 Å². The highest BCUT2D eigenvalue weighted by Crippen LogP contribution is 2.25. The molecule has 1 aliphatic rings. The van der Waals surface area contributed by atoms with Crippen LogP contribution >= 0.6 is 11.3 Å². The standard InChI is InChI=1S/C21H26N6O4S/c1-11(7-8-24-21(22)23)17(18(30)20-25-14-5-3-4-6-16(14)32-20)26-19(31)15-9-13(29)10-27(15)12(2)28/h3-6,13,15,17,29H,1,7-10H2,2H3,(H,26,31)(H4,22,23,24)/t13-,15+,17+/m1/s1. The van der Waals surface area contributed by atoms with Crippen molar-refractivity contribution >= 4 is 45.1 Å². The Morgan fingerprint density at radius 1 is 1.38 bits per heavy atom. The summed E-state index contributed by atoms with van der Waals surface area (Å²) in [7, 11) is 0. The first-order valence-electron chi connectivity index (χ1n) is 10.1. The number of benzene rings is 1. The van der Waals surface area contributed by atoms with Gasteiger partial charge in [0.25, 0.3) is 0 Å². The molecule has 0 radical (unpaired) electrons. The largest absolute Gasteiger partial charge is 0.391 e. The molecule has 1 fully saturated rings. The number of ketones is 1. The van der Waals surface area contributed by atoms with Crippen LogP contribution in [0, 0.1) is 0 Å². The topological polar surface area (TPSA) is 164 Å². The van der Waals surface area contributed by atoms with Crippen LogP contribution < -0.4 is 16.8 Å². The van der Waals surface area contributed by atoms with Crippen molar-refractivity contribution in [3.8, 4) is 0 Å². The number of hydrogen-bond acceptors (Lipinski definition) is 7. The Hall–Kier alpha value is -3.31. The molecule has 2 heterocycles. The molecule has 6 N–H and O–H groups in total. The van der Waals surface area contributed by atoms with E-state index in [1.807, 2.05) is 18.2 Å². The molecular formula is C21H26N6O4S. The fraction of sp³-hybridized carbons (Fsp3) is 0.381. The third-order valence-electron chi connectivity index (χ3n) is 5.18. The van der Waals surface area contributed by atoms with Crippen LogP contribution in [0.5, 0.6) is 0 Å². The maximum atomic E-state index is 13.3. The zero-order valence-electron chi connectivity index (χ0n) is 17.7. The average Bonchev–Trinajstić information content (AvgIpc) is 3.34. The molecule has 170 valence electrons. The highest BCUT2D eigenvalue weighted by Gasteiger charge is 2.39. The monoisotopic (exact) mass is 458 g/mol. The van der Waals surface area contributed by atoms with E-state index in [4.69, 9.17) is 11.5 Å². The Bertz CT molecular complexity index is 1040. The van der Waals surface area contributed by atoms with Gasteiger partial charge in [-0.1, -0.05) is 18.7 Å². The number of aliphatic hydroxyl groups is 1. The number of rotatable bonds is 8. The van der Waals surface area contributed by atoms with Crippen LogP contribution in [0.1, 0.15) is 29.6 Å². The van der Waals surface area contributed by atoms with Crippen molar-refractivity contribution in [2.75, 3.05) is 13.1 Å². The fourth-order valence-electron chi connectivity index (χ4n) is 3.58. The van der Waals surface area contributed by atoms with Gasteiger partial charge in [-0.05, 0) is 24.1 Å². The minimum atomic E-state index is -1.08. The summed E-state index contributed by atoms with van der Waals surface area (Å²) in [5.41, 5.74) is 11.8. The van der Waals surface area contributed by atoms with E-state index >= 15 is 0 Å². The highest BCUT2D eigenvalue weighted by molar-refractivity contribution is 7.20. The van der Waals surface area contributed by atoms with Crippen molar-refractivity contribution in [3.63, 3.8) is 0 Å². The van der Waals surface area contributed by atoms with Crippen LogP contribution in [0.2, 0.25) is 0 Å². The molecule has 10 nitrogen and oxygen atoms in total. The smallest absolute Gasteiger partial charge is 0.243 e. The van der Waals surface area contributed by atoms with Gasteiger partial charge in [-0.3, -0.25) is 19.4 Å². The van der Waals surface area contributed by atoms with E-state index < -0.39 is 29.9 Å². The molecule has 11 heteroatoms. The molecule has 0 aliphatic carbocycles. The summed E-state index contributed by atoms with van der Waals surface area (Å²) in [5, 5.41) is 12.9. The normalized spacial score (nSPS) is 18.9. The summed E-state index contributed by atoms with van der Waals surface area (Å²) in [6, 6.07) is 5.38. The van der Waals surface area contributed by atoms with Crippen molar-refractivity contribution in [3.05, 3.63) is 41.4 Å². The Labute approximate surface area is 189 Å². The second-order valence-corrected chi connectivity index (χ2v) is 8.61. The molecule has 0 bridgehead atoms. The Balaban J connectivity index is 1.85. The van der Waals surface area contributed by atoms with Crippen LogP contribution in [-0.2, 0) is 9.59 Å². The van der Waals surface area contributed by atoms with Gasteiger partial charge in [0.2, 0.25) is 17.6 Å². The summed E-state index contributed by atoms with van der Waals surface area (Å²) in [6.45, 7) is 5.55. The Kier molecular flexibility index (Phi) is 7.21. The number of nitrogens with zero attached hydrogens (tertiary/aromatic N) is 3. The maximum Gasteiger partial charge on any atom is 0.243 e. The van der Waals surface area contributed by atoms with Gasteiger partial charge in [0, 0.05) is 26.4 Å². The van der Waals surface area contributed by atoms with E-state index in [0.717, 1.165) is 4.70 Å². The Morgan fingerprint density at radius 3 is 2.75 bits per heavy atom. The number of amides is 2. The number of likely N-dealkylation sites (tertiary alicyclic amines) is 1. The summed E-state index contributed by atoms with van der Waals surface area (Å²) in [5.74, 6) is -1.38. The number of nitrogens with one attached hydrogen (secondary N) is 1. The number of aliphatic hydroxyl groups excluding tert-OH is 1. The highest BCUT2D eigenvalue weighted by atomic mass is 32.1. The first-order chi connectivity index (χ1) is 15.2. The van der Waals surface area contributed by atoms with Crippen LogP contribution in [0.4, 0.5) is 0 Å². The lowest BCUT2D eigenvalue weighted by Crippen LogP contribution is -2.51. The molecule has 32 heavy (non-hydrogen) atoms. The Morgan fingerprint density at radius 2 is 2.09 bits per heavy atom. The number of fused-ring (bicyclic) bond motifs is 1. The molecular weight excluding hydrogens is 432 g/mol. The van der Waals surface area contributed by atoms with Gasteiger partial charge in [-0.15, -0.1) is 11.3 Å². The first-order valence-corrected chi connectivity index (χ1v) is 10.9. The van der Waals surface area contributed by atoms with Gasteiger partial charge >= 0.3 is 0 Å². The third-order valence-corrected chi connectivity index (χ3v) is 6.23. The molecule has 3 atom stereocenters. The molecule has 2 amide bonds. The molecule has 3 rings (SSSR count). The van der Waals surface area contributed by atoms with Gasteiger partial charge in [-0.2, -0.15) is 0 Å². The number of aromatic nitrogens is 1. The number of carbonyl (C=O) groups is 3. The molecule has 0 saturated carbocycles. The van der Waals surface area contributed by atoms with E-state index in [2.05, 4.69) is 21.9 Å². The predicted octanol–water partition coefficient (Wildman–Crippen LogP) is 0.165. The number of hydrogen-bond donors (Lipinski definition) is 4. The maximum absolute atomic E-state index is 13.3. The van der Waals surface area contributed by atoms with E-state index in [1.54, 1.807) is 6.07 Å². The summed E-state index contributed by atoms with van der Waals surface area (Å²) in [6.07, 6.45) is -0.463. The average molecular weight is 459 g/mol. The first kappa shape index (κ1) is 23.4. The molecule has 0 spiro atoms. The second-order valence-electron chi connectivity index (χ2n) is 7.58. The van der Waals surface area contributed by atoms with Gasteiger partial charge in [0.15, 0.2) is 11.0 Å². The zero-order chi connectivity index (χ0) is 23.4. The summed E-state index contributed by atoms with van der Waals surface area (Å²) in [4.78, 5) is 47.8. The number of aliphatic imine (C=N–C) groups is 1. The van der Waals surface area contributed by atoms with Gasteiger partial charge in [0.05, 0.1) is 16.3 Å². The van der Waals surface area contributed by atoms with Crippen molar-refractivity contribution in [2.24, 2.45) is 16.5 Å². The summed E-state index contributed by atoms with van der Waals surface area (Å²) >= 11 is 1.22. The SMILES string of the molecule is C=C(CCN=C(N)N)[C@H](NC(=O)[C@@H]1C[C@@H](O)CN1C(C)=O)C(=O)c1nc2ccccc2s1. The second kappa shape index (κ2) is 9.88. The van der Waals surface area contributed by atoms with Crippen molar-refractivity contribution in [1.29, 1.82) is 0 Å². The molecule has 1 aliphatic heterocycles. The van der Waals surface area contributed by atoms with Crippen LogP contribution in [0.3, 0.4) is 0 Å². The lowest BCUT2D eigenvalue weighted by molar-refractivity contribution is -0.137. The number of Topliss-reactive ketones (excluding diaryl/α,β-unsaturated/α-hetero) is 1. The minimum Gasteiger partial charge on any atom is -0.391 e. The number of guanidine groups is 1. The van der Waals surface area contributed by atoms with Gasteiger partial charge in [0.1, 0.15) is 12.1 Å². The van der Waals surface area contributed by atoms with E-state index in [-0.39, 0.29) is 42.8 Å². The molecule has 1 saturated heterocycles. The predicted molar refractivity (Wildman–Crippen MR) is 122 cm³/mol. The van der Waals surface area contributed by atoms with Crippen LogP contribution in [0.25, 0.3) is 10.2 Å². The fourth-order valence-corrected chi connectivity index (χ4v) is 4.51. The number of nitrogens with two attached hydrogens (primary N) is 2. The molecule has 0 unspecified atom stereocenters. The number of carbonyl (C=O) groups excluding carboxylic acids is 3. The minimum absolute atomic E-state index is 0.0648. The van der Waals surface area contributed by atoms with Crippen LogP contribution in [0.15, 0.2) is 41.4 Å².